The summed E-state index contributed by atoms with van der Waals surface area (Å²) >= 11 is 0. The molecule has 0 bridgehead atoms. The maximum Gasteiger partial charge on any atom is 0.304 e. The van der Waals surface area contributed by atoms with E-state index in [1.54, 1.807) is 0 Å². The van der Waals surface area contributed by atoms with Crippen molar-refractivity contribution >= 4 is 16.9 Å². The molecule has 0 saturated heterocycles. The van der Waals surface area contributed by atoms with Crippen LogP contribution in [0.1, 0.15) is 37.3 Å². The highest BCUT2D eigenvalue weighted by Crippen LogP contribution is 2.32. The smallest absolute Gasteiger partial charge is 0.304 e. The summed E-state index contributed by atoms with van der Waals surface area (Å²) in [7, 11) is 0. The van der Waals surface area contributed by atoms with E-state index in [1.165, 1.54) is 11.1 Å². The molecule has 5 nitrogen and oxygen atoms in total. The first-order valence-electron chi connectivity index (χ1n) is 10.3. The van der Waals surface area contributed by atoms with Gasteiger partial charge >= 0.3 is 5.97 Å². The third-order valence-electron chi connectivity index (χ3n) is 5.48. The number of fused-ring (bicyclic) bond motifs is 2. The van der Waals surface area contributed by atoms with Crippen molar-refractivity contribution in [2.24, 2.45) is 0 Å². The number of furan rings is 1. The van der Waals surface area contributed by atoms with Crippen molar-refractivity contribution in [1.82, 2.24) is 4.90 Å². The van der Waals surface area contributed by atoms with Crippen molar-refractivity contribution < 1.29 is 19.1 Å². The van der Waals surface area contributed by atoms with E-state index in [4.69, 9.17) is 14.3 Å². The Morgan fingerprint density at radius 1 is 1.17 bits per heavy atom. The van der Waals surface area contributed by atoms with Gasteiger partial charge in [0.25, 0.3) is 0 Å². The first-order chi connectivity index (χ1) is 14.1. The number of carboxylic acids is 1. The lowest BCUT2D eigenvalue weighted by atomic mass is 9.96. The van der Waals surface area contributed by atoms with Crippen LogP contribution in [0.4, 0.5) is 0 Å². The molecule has 0 unspecified atom stereocenters. The van der Waals surface area contributed by atoms with E-state index in [9.17, 15) is 4.79 Å². The fourth-order valence-corrected chi connectivity index (χ4v) is 3.80. The maximum atomic E-state index is 10.8. The highest BCUT2D eigenvalue weighted by Gasteiger charge is 2.18. The molecule has 1 aliphatic rings. The molecule has 2 aromatic carbocycles. The van der Waals surface area contributed by atoms with Gasteiger partial charge in [0.1, 0.15) is 17.1 Å². The number of benzene rings is 2. The van der Waals surface area contributed by atoms with Crippen LogP contribution in [0.25, 0.3) is 22.3 Å². The van der Waals surface area contributed by atoms with Gasteiger partial charge in [0.05, 0.1) is 13.0 Å². The van der Waals surface area contributed by atoms with Crippen LogP contribution in [-0.2, 0) is 17.8 Å². The lowest BCUT2D eigenvalue weighted by molar-refractivity contribution is -0.137. The van der Waals surface area contributed by atoms with Gasteiger partial charge in [-0.2, -0.15) is 0 Å². The molecule has 2 heterocycles. The molecule has 1 aromatic heterocycles. The van der Waals surface area contributed by atoms with Crippen LogP contribution in [0.5, 0.6) is 5.75 Å². The van der Waals surface area contributed by atoms with Crippen molar-refractivity contribution in [1.29, 1.82) is 0 Å². The molecule has 0 aliphatic carbocycles. The van der Waals surface area contributed by atoms with Gasteiger partial charge in [0.2, 0.25) is 0 Å². The Labute approximate surface area is 170 Å². The number of hydrogen-bond acceptors (Lipinski definition) is 4. The number of carbonyl (C=O) groups is 1. The minimum atomic E-state index is -0.741. The summed E-state index contributed by atoms with van der Waals surface area (Å²) in [6, 6.07) is 14.5. The molecule has 1 aliphatic heterocycles. The van der Waals surface area contributed by atoms with E-state index in [-0.39, 0.29) is 6.42 Å². The minimum Gasteiger partial charge on any atom is -0.494 e. The zero-order chi connectivity index (χ0) is 20.2. The second-order valence-electron chi connectivity index (χ2n) is 7.67. The van der Waals surface area contributed by atoms with Gasteiger partial charge in [0, 0.05) is 30.6 Å². The SMILES string of the molecule is CCCCOc1ccc2oc(-c3ccc4c(c3)CCN(CCC(=O)O)C4)cc2c1. The molecule has 5 heteroatoms. The molecular weight excluding hydrogens is 366 g/mol. The molecule has 0 spiro atoms. The van der Waals surface area contributed by atoms with Gasteiger partial charge in [-0.1, -0.05) is 25.5 Å². The largest absolute Gasteiger partial charge is 0.494 e. The third-order valence-corrected chi connectivity index (χ3v) is 5.48. The number of hydrogen-bond donors (Lipinski definition) is 1. The zero-order valence-corrected chi connectivity index (χ0v) is 16.8. The molecule has 3 aromatic rings. The van der Waals surface area contributed by atoms with Crippen LogP contribution < -0.4 is 4.74 Å². The Hall–Kier alpha value is -2.79. The highest BCUT2D eigenvalue weighted by atomic mass is 16.5. The Morgan fingerprint density at radius 2 is 2.07 bits per heavy atom. The average molecular weight is 393 g/mol. The molecule has 0 atom stereocenters. The van der Waals surface area contributed by atoms with Crippen molar-refractivity contribution in [3.05, 3.63) is 53.6 Å². The lowest BCUT2D eigenvalue weighted by Crippen LogP contribution is -2.32. The number of carboxylic acid groups (broad SMARTS) is 1. The van der Waals surface area contributed by atoms with Crippen molar-refractivity contribution in [2.75, 3.05) is 19.7 Å². The molecular formula is C24H27NO4. The first kappa shape index (κ1) is 19.5. The topological polar surface area (TPSA) is 62.9 Å². The van der Waals surface area contributed by atoms with Gasteiger partial charge in [0.15, 0.2) is 0 Å². The van der Waals surface area contributed by atoms with Gasteiger partial charge in [-0.05, 0) is 54.3 Å². The fraction of sp³-hybridized carbons (Fsp3) is 0.375. The molecule has 152 valence electrons. The molecule has 0 fully saturated rings. The van der Waals surface area contributed by atoms with E-state index in [0.717, 1.165) is 67.0 Å². The Balaban J connectivity index is 1.50. The predicted octanol–water partition coefficient (Wildman–Crippen LogP) is 5.11. The number of unbranched alkanes of at least 4 members (excludes halogenated alkanes) is 1. The summed E-state index contributed by atoms with van der Waals surface area (Å²) in [5, 5.41) is 9.94. The van der Waals surface area contributed by atoms with Crippen LogP contribution in [-0.4, -0.2) is 35.7 Å². The Morgan fingerprint density at radius 3 is 2.90 bits per heavy atom. The highest BCUT2D eigenvalue weighted by molar-refractivity contribution is 5.84. The standard InChI is InChI=1S/C24H27NO4/c1-2-3-12-28-21-6-7-22-20(14-21)15-23(29-22)18-4-5-19-16-25(11-9-24(26)27)10-8-17(19)13-18/h4-7,13-15H,2-3,8-12,16H2,1H3,(H,26,27). The monoisotopic (exact) mass is 393 g/mol. The molecule has 4 rings (SSSR count). The molecule has 0 amide bonds. The normalized spacial score (nSPS) is 14.1. The van der Waals surface area contributed by atoms with E-state index < -0.39 is 5.97 Å². The van der Waals surface area contributed by atoms with Crippen LogP contribution in [0.3, 0.4) is 0 Å². The Kier molecular flexibility index (Phi) is 5.86. The van der Waals surface area contributed by atoms with Gasteiger partial charge in [-0.3, -0.25) is 9.69 Å². The van der Waals surface area contributed by atoms with Crippen LogP contribution >= 0.6 is 0 Å². The Bertz CT molecular complexity index is 1010. The molecule has 0 radical (unpaired) electrons. The minimum absolute atomic E-state index is 0.191. The third kappa shape index (κ3) is 4.62. The number of ether oxygens (including phenoxy) is 1. The second-order valence-corrected chi connectivity index (χ2v) is 7.67. The predicted molar refractivity (Wildman–Crippen MR) is 113 cm³/mol. The molecule has 0 saturated carbocycles. The van der Waals surface area contributed by atoms with Gasteiger partial charge < -0.3 is 14.3 Å². The quantitative estimate of drug-likeness (QED) is 0.539. The second kappa shape index (κ2) is 8.70. The summed E-state index contributed by atoms with van der Waals surface area (Å²) in [6.07, 6.45) is 3.29. The molecule has 1 N–H and O–H groups in total. The maximum absolute atomic E-state index is 10.8. The van der Waals surface area contributed by atoms with E-state index in [1.807, 2.05) is 18.2 Å². The van der Waals surface area contributed by atoms with Crippen molar-refractivity contribution in [3.63, 3.8) is 0 Å². The summed E-state index contributed by atoms with van der Waals surface area (Å²) in [5.74, 6) is 1.00. The van der Waals surface area contributed by atoms with Crippen molar-refractivity contribution in [2.45, 2.75) is 39.2 Å². The van der Waals surface area contributed by atoms with Crippen LogP contribution in [0.15, 0.2) is 46.9 Å². The average Bonchev–Trinajstić information content (AvgIpc) is 3.15. The van der Waals surface area contributed by atoms with Crippen LogP contribution in [0.2, 0.25) is 0 Å². The summed E-state index contributed by atoms with van der Waals surface area (Å²) in [5.41, 5.74) is 4.53. The lowest BCUT2D eigenvalue weighted by Gasteiger charge is -2.28. The fourth-order valence-electron chi connectivity index (χ4n) is 3.80. The van der Waals surface area contributed by atoms with Gasteiger partial charge in [-0.25, -0.2) is 0 Å². The first-order valence-corrected chi connectivity index (χ1v) is 10.3. The summed E-state index contributed by atoms with van der Waals surface area (Å²) < 4.78 is 11.9. The van der Waals surface area contributed by atoms with Gasteiger partial charge in [-0.15, -0.1) is 0 Å². The zero-order valence-electron chi connectivity index (χ0n) is 16.8. The summed E-state index contributed by atoms with van der Waals surface area (Å²) in [4.78, 5) is 13.0. The number of aliphatic carboxylic acids is 1. The van der Waals surface area contributed by atoms with Crippen molar-refractivity contribution in [3.8, 4) is 17.1 Å². The van der Waals surface area contributed by atoms with E-state index in [0.29, 0.717) is 6.54 Å². The number of rotatable bonds is 8. The van der Waals surface area contributed by atoms with Crippen LogP contribution in [0, 0.1) is 0 Å². The van der Waals surface area contributed by atoms with E-state index in [2.05, 4.69) is 36.1 Å². The van der Waals surface area contributed by atoms with E-state index >= 15 is 0 Å². The number of nitrogens with zero attached hydrogens (tertiary/aromatic N) is 1. The summed E-state index contributed by atoms with van der Waals surface area (Å²) in [6.45, 7) is 5.19. The molecule has 29 heavy (non-hydrogen) atoms.